The fourth-order valence-corrected chi connectivity index (χ4v) is 2.67. The van der Waals surface area contributed by atoms with Crippen LogP contribution in [-0.2, 0) is 4.74 Å². The van der Waals surface area contributed by atoms with Crippen LogP contribution < -0.4 is 10.1 Å². The summed E-state index contributed by atoms with van der Waals surface area (Å²) in [5.41, 5.74) is 0.360. The lowest BCUT2D eigenvalue weighted by molar-refractivity contribution is 0.0116. The van der Waals surface area contributed by atoms with Crippen LogP contribution in [0.1, 0.15) is 32.4 Å². The number of nitrogens with zero attached hydrogens (tertiary/aromatic N) is 1. The molecule has 0 spiro atoms. The molecule has 1 unspecified atom stereocenters. The lowest BCUT2D eigenvalue weighted by Gasteiger charge is -2.37. The average Bonchev–Trinajstić information content (AvgIpc) is 2.45. The number of hydrogen-bond acceptors (Lipinski definition) is 4. The Morgan fingerprint density at radius 3 is 2.77 bits per heavy atom. The van der Waals surface area contributed by atoms with Gasteiger partial charge in [0.25, 0.3) is 0 Å². The molecule has 0 bridgehead atoms. The predicted octanol–water partition coefficient (Wildman–Crippen LogP) is 3.23. The number of hydrogen-bond donors (Lipinski definition) is 1. The topological polar surface area (TPSA) is 50.8 Å². The minimum Gasteiger partial charge on any atom is -0.496 e. The summed E-state index contributed by atoms with van der Waals surface area (Å²) in [5, 5.41) is 3.92. The average molecular weight is 327 g/mol. The summed E-state index contributed by atoms with van der Waals surface area (Å²) in [6.07, 6.45) is -0.318. The molecular formula is C16H23ClN2O3. The van der Waals surface area contributed by atoms with Crippen molar-refractivity contribution in [3.63, 3.8) is 0 Å². The van der Waals surface area contributed by atoms with E-state index in [4.69, 9.17) is 21.1 Å². The SMILES string of the molecule is COc1ccc(Cl)cc1C1CNCCN1C(=O)OC(C)(C)C. The van der Waals surface area contributed by atoms with Gasteiger partial charge in [-0.2, -0.15) is 0 Å². The van der Waals surface area contributed by atoms with E-state index >= 15 is 0 Å². The van der Waals surface area contributed by atoms with Crippen LogP contribution in [0.15, 0.2) is 18.2 Å². The summed E-state index contributed by atoms with van der Waals surface area (Å²) in [4.78, 5) is 14.2. The van der Waals surface area contributed by atoms with E-state index in [0.29, 0.717) is 23.9 Å². The summed E-state index contributed by atoms with van der Waals surface area (Å²) < 4.78 is 10.9. The third kappa shape index (κ3) is 4.05. The molecule has 1 amide bonds. The van der Waals surface area contributed by atoms with E-state index in [-0.39, 0.29) is 12.1 Å². The first-order chi connectivity index (χ1) is 10.3. The molecule has 0 aliphatic carbocycles. The first-order valence-corrected chi connectivity index (χ1v) is 7.73. The summed E-state index contributed by atoms with van der Waals surface area (Å²) in [6.45, 7) is 7.54. The van der Waals surface area contributed by atoms with Crippen LogP contribution in [0.3, 0.4) is 0 Å². The molecule has 5 nitrogen and oxygen atoms in total. The van der Waals surface area contributed by atoms with Crippen molar-refractivity contribution >= 4 is 17.7 Å². The molecule has 1 aromatic carbocycles. The van der Waals surface area contributed by atoms with Gasteiger partial charge in [-0.25, -0.2) is 4.79 Å². The summed E-state index contributed by atoms with van der Waals surface area (Å²) in [7, 11) is 1.61. The Labute approximate surface area is 136 Å². The van der Waals surface area contributed by atoms with E-state index in [1.54, 1.807) is 18.1 Å². The van der Waals surface area contributed by atoms with Gasteiger partial charge >= 0.3 is 6.09 Å². The van der Waals surface area contributed by atoms with Gasteiger partial charge in [-0.3, -0.25) is 4.90 Å². The third-order valence-corrected chi connectivity index (χ3v) is 3.66. The number of methoxy groups -OCH3 is 1. The van der Waals surface area contributed by atoms with E-state index < -0.39 is 5.60 Å². The number of benzene rings is 1. The van der Waals surface area contributed by atoms with Crippen LogP contribution >= 0.6 is 11.6 Å². The molecule has 1 fully saturated rings. The van der Waals surface area contributed by atoms with Crippen molar-refractivity contribution in [3.8, 4) is 5.75 Å². The second-order valence-corrected chi connectivity index (χ2v) is 6.72. The largest absolute Gasteiger partial charge is 0.496 e. The van der Waals surface area contributed by atoms with Crippen molar-refractivity contribution in [3.05, 3.63) is 28.8 Å². The molecule has 0 aromatic heterocycles. The third-order valence-electron chi connectivity index (χ3n) is 3.42. The molecule has 22 heavy (non-hydrogen) atoms. The van der Waals surface area contributed by atoms with E-state index in [0.717, 1.165) is 12.1 Å². The highest BCUT2D eigenvalue weighted by atomic mass is 35.5. The molecule has 1 aliphatic heterocycles. The Bertz CT molecular complexity index is 543. The highest BCUT2D eigenvalue weighted by Gasteiger charge is 2.33. The highest BCUT2D eigenvalue weighted by molar-refractivity contribution is 6.30. The monoisotopic (exact) mass is 326 g/mol. The standard InChI is InChI=1S/C16H23ClN2O3/c1-16(2,3)22-15(20)19-8-7-18-10-13(19)12-9-11(17)5-6-14(12)21-4/h5-6,9,13,18H,7-8,10H2,1-4H3. The van der Waals surface area contributed by atoms with Crippen LogP contribution in [0.2, 0.25) is 5.02 Å². The molecule has 1 aliphatic rings. The maximum absolute atomic E-state index is 12.5. The highest BCUT2D eigenvalue weighted by Crippen LogP contribution is 2.33. The maximum Gasteiger partial charge on any atom is 0.410 e. The lowest BCUT2D eigenvalue weighted by Crippen LogP contribution is -2.50. The molecule has 1 atom stereocenters. The molecule has 0 saturated carbocycles. The minimum absolute atomic E-state index is 0.169. The lowest BCUT2D eigenvalue weighted by atomic mass is 10.0. The second kappa shape index (κ2) is 6.75. The Hall–Kier alpha value is -1.46. The van der Waals surface area contributed by atoms with E-state index in [2.05, 4.69) is 5.32 Å². The Kier molecular flexibility index (Phi) is 5.19. The molecule has 6 heteroatoms. The van der Waals surface area contributed by atoms with Crippen LogP contribution in [-0.4, -0.2) is 43.3 Å². The number of nitrogens with one attached hydrogen (secondary N) is 1. The Balaban J connectivity index is 2.30. The van der Waals surface area contributed by atoms with Crippen molar-refractivity contribution in [2.45, 2.75) is 32.4 Å². The first-order valence-electron chi connectivity index (χ1n) is 7.35. The zero-order valence-corrected chi connectivity index (χ0v) is 14.2. The minimum atomic E-state index is -0.523. The van der Waals surface area contributed by atoms with Crippen LogP contribution in [0.25, 0.3) is 0 Å². The normalized spacial score (nSPS) is 19.0. The number of ether oxygens (including phenoxy) is 2. The summed E-state index contributed by atoms with van der Waals surface area (Å²) in [6, 6.07) is 5.27. The number of amides is 1. The van der Waals surface area contributed by atoms with Crippen LogP contribution in [0.4, 0.5) is 4.79 Å². The molecule has 0 radical (unpaired) electrons. The number of rotatable bonds is 2. The van der Waals surface area contributed by atoms with Gasteiger partial charge in [-0.15, -0.1) is 0 Å². The van der Waals surface area contributed by atoms with E-state index in [1.165, 1.54) is 0 Å². The van der Waals surface area contributed by atoms with Crippen molar-refractivity contribution in [1.82, 2.24) is 10.2 Å². The van der Waals surface area contributed by atoms with Crippen molar-refractivity contribution < 1.29 is 14.3 Å². The number of carbonyl (C=O) groups excluding carboxylic acids is 1. The number of carbonyl (C=O) groups is 1. The summed E-state index contributed by atoms with van der Waals surface area (Å²) in [5.74, 6) is 0.714. The Morgan fingerprint density at radius 2 is 2.14 bits per heavy atom. The van der Waals surface area contributed by atoms with E-state index in [1.807, 2.05) is 32.9 Å². The molecule has 1 aromatic rings. The van der Waals surface area contributed by atoms with E-state index in [9.17, 15) is 4.79 Å². The first kappa shape index (κ1) is 16.9. The quantitative estimate of drug-likeness (QED) is 0.906. The van der Waals surface area contributed by atoms with Gasteiger partial charge < -0.3 is 14.8 Å². The van der Waals surface area contributed by atoms with Crippen molar-refractivity contribution in [2.75, 3.05) is 26.7 Å². The van der Waals surface area contributed by atoms with Crippen molar-refractivity contribution in [2.24, 2.45) is 0 Å². The van der Waals surface area contributed by atoms with Gasteiger partial charge in [0.1, 0.15) is 11.4 Å². The van der Waals surface area contributed by atoms with Crippen LogP contribution in [0.5, 0.6) is 5.75 Å². The van der Waals surface area contributed by atoms with Crippen molar-refractivity contribution in [1.29, 1.82) is 0 Å². The fraction of sp³-hybridized carbons (Fsp3) is 0.562. The van der Waals surface area contributed by atoms with Gasteiger partial charge in [-0.05, 0) is 39.0 Å². The summed E-state index contributed by atoms with van der Waals surface area (Å²) >= 11 is 6.12. The van der Waals surface area contributed by atoms with Gasteiger partial charge in [-0.1, -0.05) is 11.6 Å². The molecule has 1 heterocycles. The predicted molar refractivity (Wildman–Crippen MR) is 86.6 cm³/mol. The molecule has 1 N–H and O–H groups in total. The maximum atomic E-state index is 12.5. The second-order valence-electron chi connectivity index (χ2n) is 6.28. The number of halogens is 1. The molecule has 122 valence electrons. The zero-order valence-electron chi connectivity index (χ0n) is 13.5. The smallest absolute Gasteiger partial charge is 0.410 e. The zero-order chi connectivity index (χ0) is 16.3. The fourth-order valence-electron chi connectivity index (χ4n) is 2.49. The number of piperazine rings is 1. The van der Waals surface area contributed by atoms with Gasteiger partial charge in [0.05, 0.1) is 13.2 Å². The molecular weight excluding hydrogens is 304 g/mol. The molecule has 1 saturated heterocycles. The van der Waals surface area contributed by atoms with Gasteiger partial charge in [0.2, 0.25) is 0 Å². The van der Waals surface area contributed by atoms with Gasteiger partial charge in [0.15, 0.2) is 0 Å². The van der Waals surface area contributed by atoms with Gasteiger partial charge in [0, 0.05) is 30.2 Å². The molecule has 2 rings (SSSR count). The van der Waals surface area contributed by atoms with Crippen LogP contribution in [0, 0.1) is 0 Å². The Morgan fingerprint density at radius 1 is 1.41 bits per heavy atom.